The minimum Gasteiger partial charge on any atom is -0.318 e. The van der Waals surface area contributed by atoms with Gasteiger partial charge in [-0.15, -0.1) is 0 Å². The van der Waals surface area contributed by atoms with Crippen LogP contribution in [-0.4, -0.2) is 23.3 Å². The van der Waals surface area contributed by atoms with Gasteiger partial charge in [0.05, 0.1) is 4.92 Å². The van der Waals surface area contributed by atoms with E-state index in [1.807, 2.05) is 24.3 Å². The summed E-state index contributed by atoms with van der Waals surface area (Å²) in [6.07, 6.45) is 1.65. The number of carbonyl (C=O) groups is 2. The predicted octanol–water partition coefficient (Wildman–Crippen LogP) is 2.51. The van der Waals surface area contributed by atoms with E-state index in [2.05, 4.69) is 5.32 Å². The van der Waals surface area contributed by atoms with Crippen molar-refractivity contribution < 1.29 is 14.5 Å². The first-order chi connectivity index (χ1) is 11.6. The SMILES string of the molecule is O=C(Nc1cccc([N+](=O)[O-])c1)C(=O)N1CCCc2ccccc21. The summed E-state index contributed by atoms with van der Waals surface area (Å²) in [6.45, 7) is 0.470. The molecule has 2 amide bonds. The van der Waals surface area contributed by atoms with Crippen LogP contribution >= 0.6 is 0 Å². The number of benzene rings is 2. The Morgan fingerprint density at radius 2 is 1.92 bits per heavy atom. The van der Waals surface area contributed by atoms with Crippen LogP contribution in [0.4, 0.5) is 17.1 Å². The van der Waals surface area contributed by atoms with E-state index < -0.39 is 16.7 Å². The van der Waals surface area contributed by atoms with Crippen LogP contribution in [0.3, 0.4) is 0 Å². The van der Waals surface area contributed by atoms with Crippen molar-refractivity contribution in [3.63, 3.8) is 0 Å². The lowest BCUT2D eigenvalue weighted by Gasteiger charge is -2.28. The summed E-state index contributed by atoms with van der Waals surface area (Å²) in [5.41, 5.74) is 1.83. The normalized spacial score (nSPS) is 13.1. The molecule has 1 heterocycles. The van der Waals surface area contributed by atoms with Gasteiger partial charge in [-0.1, -0.05) is 24.3 Å². The van der Waals surface area contributed by atoms with Gasteiger partial charge in [0, 0.05) is 30.1 Å². The Balaban J connectivity index is 1.78. The number of carbonyl (C=O) groups excluding carboxylic acids is 2. The summed E-state index contributed by atoms with van der Waals surface area (Å²) < 4.78 is 0. The molecule has 0 radical (unpaired) electrons. The maximum absolute atomic E-state index is 12.5. The maximum Gasteiger partial charge on any atom is 0.316 e. The molecule has 0 fully saturated rings. The molecule has 2 aromatic carbocycles. The second kappa shape index (κ2) is 6.49. The summed E-state index contributed by atoms with van der Waals surface area (Å²) in [4.78, 5) is 36.4. The first kappa shape index (κ1) is 15.7. The number of nitro benzene ring substituents is 1. The van der Waals surface area contributed by atoms with Crippen LogP contribution in [0.5, 0.6) is 0 Å². The van der Waals surface area contributed by atoms with Crippen LogP contribution in [0.2, 0.25) is 0 Å². The van der Waals surface area contributed by atoms with Crippen LogP contribution in [0, 0.1) is 10.1 Å². The van der Waals surface area contributed by atoms with E-state index in [9.17, 15) is 19.7 Å². The average Bonchev–Trinajstić information content (AvgIpc) is 2.60. The molecule has 0 atom stereocenters. The Kier molecular flexibility index (Phi) is 4.24. The predicted molar refractivity (Wildman–Crippen MR) is 88.8 cm³/mol. The fourth-order valence-corrected chi connectivity index (χ4v) is 2.75. The molecule has 1 N–H and O–H groups in total. The molecule has 0 saturated carbocycles. The van der Waals surface area contributed by atoms with Crippen molar-refractivity contribution in [2.75, 3.05) is 16.8 Å². The smallest absolute Gasteiger partial charge is 0.316 e. The summed E-state index contributed by atoms with van der Waals surface area (Å²) in [6, 6.07) is 13.0. The molecule has 3 rings (SSSR count). The molecule has 122 valence electrons. The number of aryl methyl sites for hydroxylation is 1. The van der Waals surface area contributed by atoms with Crippen LogP contribution in [0.1, 0.15) is 12.0 Å². The van der Waals surface area contributed by atoms with Crippen LogP contribution in [0.15, 0.2) is 48.5 Å². The summed E-state index contributed by atoms with van der Waals surface area (Å²) >= 11 is 0. The van der Waals surface area contributed by atoms with Crippen LogP contribution in [0.25, 0.3) is 0 Å². The summed E-state index contributed by atoms with van der Waals surface area (Å²) in [5.74, 6) is -1.49. The Hall–Kier alpha value is -3.22. The van der Waals surface area contributed by atoms with Crippen molar-refractivity contribution in [1.82, 2.24) is 0 Å². The van der Waals surface area contributed by atoms with Crippen molar-refractivity contribution in [2.24, 2.45) is 0 Å². The number of hydrogen-bond donors (Lipinski definition) is 1. The Bertz CT molecular complexity index is 819. The highest BCUT2D eigenvalue weighted by atomic mass is 16.6. The largest absolute Gasteiger partial charge is 0.318 e. The van der Waals surface area contributed by atoms with Crippen molar-refractivity contribution in [2.45, 2.75) is 12.8 Å². The van der Waals surface area contributed by atoms with E-state index in [4.69, 9.17) is 0 Å². The number of hydrogen-bond acceptors (Lipinski definition) is 4. The third-order valence-electron chi connectivity index (χ3n) is 3.86. The lowest BCUT2D eigenvalue weighted by Crippen LogP contribution is -2.42. The van der Waals surface area contributed by atoms with Crippen LogP contribution < -0.4 is 10.2 Å². The third-order valence-corrected chi connectivity index (χ3v) is 3.86. The van der Waals surface area contributed by atoms with Crippen LogP contribution in [-0.2, 0) is 16.0 Å². The molecule has 7 heteroatoms. The number of nitrogens with one attached hydrogen (secondary N) is 1. The van der Waals surface area contributed by atoms with Crippen molar-refractivity contribution in [3.8, 4) is 0 Å². The number of fused-ring (bicyclic) bond motifs is 1. The molecule has 0 aliphatic carbocycles. The van der Waals surface area contributed by atoms with Gasteiger partial charge >= 0.3 is 11.8 Å². The average molecular weight is 325 g/mol. The molecule has 0 bridgehead atoms. The highest BCUT2D eigenvalue weighted by molar-refractivity contribution is 6.44. The fraction of sp³-hybridized carbons (Fsp3) is 0.176. The zero-order valence-corrected chi connectivity index (χ0v) is 12.8. The summed E-state index contributed by atoms with van der Waals surface area (Å²) in [5, 5.41) is 13.2. The molecule has 7 nitrogen and oxygen atoms in total. The van der Waals surface area contributed by atoms with E-state index in [0.29, 0.717) is 6.54 Å². The molecule has 0 spiro atoms. The van der Waals surface area contributed by atoms with Gasteiger partial charge in [0.1, 0.15) is 0 Å². The van der Waals surface area contributed by atoms with Gasteiger partial charge < -0.3 is 10.2 Å². The van der Waals surface area contributed by atoms with Crippen molar-refractivity contribution >= 4 is 28.9 Å². The molecular formula is C17H15N3O4. The second-order valence-electron chi connectivity index (χ2n) is 5.45. The van der Waals surface area contributed by atoms with Gasteiger partial charge in [-0.3, -0.25) is 19.7 Å². The Labute approximate surface area is 138 Å². The fourth-order valence-electron chi connectivity index (χ4n) is 2.75. The van der Waals surface area contributed by atoms with E-state index in [1.54, 1.807) is 0 Å². The quantitative estimate of drug-likeness (QED) is 0.521. The number of nitrogens with zero attached hydrogens (tertiary/aromatic N) is 2. The van der Waals surface area contributed by atoms with Gasteiger partial charge in [-0.2, -0.15) is 0 Å². The first-order valence-corrected chi connectivity index (χ1v) is 7.51. The number of para-hydroxylation sites is 1. The molecular weight excluding hydrogens is 310 g/mol. The van der Waals surface area contributed by atoms with E-state index in [-0.39, 0.29) is 11.4 Å². The van der Waals surface area contributed by atoms with Crippen molar-refractivity contribution in [1.29, 1.82) is 0 Å². The number of nitro groups is 1. The molecule has 0 aromatic heterocycles. The monoisotopic (exact) mass is 325 g/mol. The van der Waals surface area contributed by atoms with Gasteiger partial charge in [0.15, 0.2) is 0 Å². The summed E-state index contributed by atoms with van der Waals surface area (Å²) in [7, 11) is 0. The minimum absolute atomic E-state index is 0.149. The van der Waals surface area contributed by atoms with E-state index in [1.165, 1.54) is 29.2 Å². The molecule has 0 unspecified atom stereocenters. The molecule has 0 saturated heterocycles. The van der Waals surface area contributed by atoms with Gasteiger partial charge in [-0.25, -0.2) is 0 Å². The topological polar surface area (TPSA) is 92.5 Å². The highest BCUT2D eigenvalue weighted by Crippen LogP contribution is 2.27. The molecule has 1 aliphatic rings. The lowest BCUT2D eigenvalue weighted by atomic mass is 10.0. The zero-order chi connectivity index (χ0) is 17.1. The number of non-ortho nitro benzene ring substituents is 1. The number of rotatable bonds is 2. The van der Waals surface area contributed by atoms with Gasteiger partial charge in [0.25, 0.3) is 5.69 Å². The molecule has 2 aromatic rings. The first-order valence-electron chi connectivity index (χ1n) is 7.51. The van der Waals surface area contributed by atoms with Crippen molar-refractivity contribution in [3.05, 3.63) is 64.2 Å². The van der Waals surface area contributed by atoms with E-state index in [0.717, 1.165) is 24.1 Å². The zero-order valence-electron chi connectivity index (χ0n) is 12.8. The lowest BCUT2D eigenvalue weighted by molar-refractivity contribution is -0.384. The van der Waals surface area contributed by atoms with Gasteiger partial charge in [0.2, 0.25) is 0 Å². The third kappa shape index (κ3) is 3.10. The number of amides is 2. The standard InChI is InChI=1S/C17H15N3O4/c21-16(18-13-7-3-8-14(11-13)20(23)24)17(22)19-10-4-6-12-5-1-2-9-15(12)19/h1-3,5,7-9,11H,4,6,10H2,(H,18,21). The minimum atomic E-state index is -0.813. The second-order valence-corrected chi connectivity index (χ2v) is 5.45. The maximum atomic E-state index is 12.5. The highest BCUT2D eigenvalue weighted by Gasteiger charge is 2.27. The molecule has 1 aliphatic heterocycles. The Morgan fingerprint density at radius 3 is 2.71 bits per heavy atom. The molecule has 24 heavy (non-hydrogen) atoms. The van der Waals surface area contributed by atoms with E-state index >= 15 is 0 Å². The number of anilines is 2. The Morgan fingerprint density at radius 1 is 1.12 bits per heavy atom. The van der Waals surface area contributed by atoms with Gasteiger partial charge in [-0.05, 0) is 30.5 Å².